The van der Waals surface area contributed by atoms with Crippen molar-refractivity contribution >= 4 is 11.6 Å². The number of hydrogen-bond donors (Lipinski definition) is 2. The Labute approximate surface area is 145 Å². The summed E-state index contributed by atoms with van der Waals surface area (Å²) in [6.45, 7) is 3.98. The highest BCUT2D eigenvalue weighted by atomic mass is 16.5. The Balaban J connectivity index is 1.69. The summed E-state index contributed by atoms with van der Waals surface area (Å²) >= 11 is 0. The summed E-state index contributed by atoms with van der Waals surface area (Å²) in [7, 11) is 0. The topological polar surface area (TPSA) is 76.4 Å². The normalized spacial score (nSPS) is 10.3. The number of carbonyl (C=O) groups excluding carboxylic acids is 1. The molecule has 0 aliphatic rings. The first kappa shape index (κ1) is 16.6. The molecule has 3 rings (SSSR count). The molecule has 0 radical (unpaired) electrons. The smallest absolute Gasteiger partial charge is 0.273 e. The van der Waals surface area contributed by atoms with Crippen LogP contribution in [0, 0.1) is 13.8 Å². The third kappa shape index (κ3) is 3.98. The van der Waals surface area contributed by atoms with E-state index in [4.69, 9.17) is 9.26 Å². The lowest BCUT2D eigenvalue weighted by Gasteiger charge is -2.12. The molecule has 0 fully saturated rings. The van der Waals surface area contributed by atoms with Crippen molar-refractivity contribution in [2.24, 2.45) is 0 Å². The first-order chi connectivity index (χ1) is 12.1. The van der Waals surface area contributed by atoms with E-state index in [1.54, 1.807) is 18.2 Å². The second kappa shape index (κ2) is 7.53. The molecule has 0 saturated heterocycles. The molecule has 25 heavy (non-hydrogen) atoms. The monoisotopic (exact) mass is 337 g/mol. The van der Waals surface area contributed by atoms with Gasteiger partial charge in [-0.1, -0.05) is 35.5 Å². The molecule has 0 saturated carbocycles. The number of anilines is 1. The highest BCUT2D eigenvalue weighted by Gasteiger charge is 2.14. The SMILES string of the molecule is Cc1noc(C)c1COc1ccccc1C(=O)NNc1ccccc1. The number of ether oxygens (including phenoxy) is 1. The van der Waals surface area contributed by atoms with Crippen LogP contribution in [-0.4, -0.2) is 11.1 Å². The Morgan fingerprint density at radius 1 is 1.08 bits per heavy atom. The van der Waals surface area contributed by atoms with Gasteiger partial charge in [0, 0.05) is 0 Å². The standard InChI is InChI=1S/C19H19N3O3/c1-13-17(14(2)25-22-13)12-24-18-11-7-6-10-16(18)19(23)21-20-15-8-4-3-5-9-15/h3-11,20H,12H2,1-2H3,(H,21,23). The highest BCUT2D eigenvalue weighted by molar-refractivity contribution is 5.97. The quantitative estimate of drug-likeness (QED) is 0.672. The number of rotatable bonds is 6. The van der Waals surface area contributed by atoms with Gasteiger partial charge in [-0.05, 0) is 38.1 Å². The van der Waals surface area contributed by atoms with Gasteiger partial charge in [-0.25, -0.2) is 0 Å². The summed E-state index contributed by atoms with van der Waals surface area (Å²) in [4.78, 5) is 12.4. The molecule has 6 heteroatoms. The van der Waals surface area contributed by atoms with Crippen LogP contribution in [0.4, 0.5) is 5.69 Å². The van der Waals surface area contributed by atoms with Crippen molar-refractivity contribution in [1.29, 1.82) is 0 Å². The lowest BCUT2D eigenvalue weighted by Crippen LogP contribution is -2.29. The van der Waals surface area contributed by atoms with Gasteiger partial charge < -0.3 is 9.26 Å². The van der Waals surface area contributed by atoms with E-state index in [1.165, 1.54) is 0 Å². The Morgan fingerprint density at radius 2 is 1.80 bits per heavy atom. The third-order valence-electron chi connectivity index (χ3n) is 3.78. The Morgan fingerprint density at radius 3 is 2.52 bits per heavy atom. The molecular formula is C19H19N3O3. The first-order valence-electron chi connectivity index (χ1n) is 7.90. The van der Waals surface area contributed by atoms with Crippen LogP contribution in [0.5, 0.6) is 5.75 Å². The number of amides is 1. The van der Waals surface area contributed by atoms with Crippen LogP contribution in [0.25, 0.3) is 0 Å². The number of nitrogens with zero attached hydrogens (tertiary/aromatic N) is 1. The lowest BCUT2D eigenvalue weighted by atomic mass is 10.2. The molecule has 3 aromatic rings. The van der Waals surface area contributed by atoms with Crippen LogP contribution in [0.2, 0.25) is 0 Å². The van der Waals surface area contributed by atoms with E-state index < -0.39 is 0 Å². The van der Waals surface area contributed by atoms with Gasteiger partial charge in [-0.15, -0.1) is 0 Å². The molecule has 6 nitrogen and oxygen atoms in total. The van der Waals surface area contributed by atoms with Crippen LogP contribution in [0.15, 0.2) is 59.1 Å². The molecule has 1 heterocycles. The zero-order valence-corrected chi connectivity index (χ0v) is 14.1. The number of hydrazine groups is 1. The van der Waals surface area contributed by atoms with E-state index in [-0.39, 0.29) is 12.5 Å². The molecule has 128 valence electrons. The maximum absolute atomic E-state index is 12.4. The van der Waals surface area contributed by atoms with E-state index in [1.807, 2.05) is 50.2 Å². The molecule has 0 bridgehead atoms. The third-order valence-corrected chi connectivity index (χ3v) is 3.78. The second-order valence-corrected chi connectivity index (χ2v) is 5.53. The summed E-state index contributed by atoms with van der Waals surface area (Å²) in [6, 6.07) is 16.5. The van der Waals surface area contributed by atoms with E-state index in [0.717, 1.165) is 16.9 Å². The summed E-state index contributed by atoms with van der Waals surface area (Å²) in [5.41, 5.74) is 8.46. The zero-order valence-electron chi connectivity index (χ0n) is 14.1. The van der Waals surface area contributed by atoms with Crippen LogP contribution < -0.4 is 15.6 Å². The molecule has 2 aromatic carbocycles. The van der Waals surface area contributed by atoms with Crippen molar-refractivity contribution in [3.63, 3.8) is 0 Å². The highest BCUT2D eigenvalue weighted by Crippen LogP contribution is 2.21. The van der Waals surface area contributed by atoms with Gasteiger partial charge in [0.25, 0.3) is 5.91 Å². The molecule has 0 unspecified atom stereocenters. The van der Waals surface area contributed by atoms with Gasteiger partial charge in [-0.3, -0.25) is 15.6 Å². The van der Waals surface area contributed by atoms with Crippen molar-refractivity contribution in [2.75, 3.05) is 5.43 Å². The number of aromatic nitrogens is 1. The molecule has 0 atom stereocenters. The van der Waals surface area contributed by atoms with E-state index in [0.29, 0.717) is 17.1 Å². The maximum Gasteiger partial charge on any atom is 0.273 e. The van der Waals surface area contributed by atoms with Crippen molar-refractivity contribution in [3.8, 4) is 5.75 Å². The minimum atomic E-state index is -0.279. The summed E-state index contributed by atoms with van der Waals surface area (Å²) < 4.78 is 11.0. The summed E-state index contributed by atoms with van der Waals surface area (Å²) in [5, 5.41) is 3.90. The van der Waals surface area contributed by atoms with Crippen LogP contribution in [0.3, 0.4) is 0 Å². The summed E-state index contributed by atoms with van der Waals surface area (Å²) in [6.07, 6.45) is 0. The van der Waals surface area contributed by atoms with E-state index >= 15 is 0 Å². The predicted octanol–water partition coefficient (Wildman–Crippen LogP) is 3.63. The molecular weight excluding hydrogens is 318 g/mol. The molecule has 1 aromatic heterocycles. The zero-order chi connectivity index (χ0) is 17.6. The fourth-order valence-electron chi connectivity index (χ4n) is 2.36. The maximum atomic E-state index is 12.4. The van der Waals surface area contributed by atoms with E-state index in [9.17, 15) is 4.79 Å². The van der Waals surface area contributed by atoms with E-state index in [2.05, 4.69) is 16.0 Å². The minimum absolute atomic E-state index is 0.279. The van der Waals surface area contributed by atoms with Gasteiger partial charge in [0.2, 0.25) is 0 Å². The molecule has 0 aliphatic heterocycles. The number of hydrogen-bond acceptors (Lipinski definition) is 5. The van der Waals surface area contributed by atoms with Crippen molar-refractivity contribution in [2.45, 2.75) is 20.5 Å². The van der Waals surface area contributed by atoms with Crippen LogP contribution in [-0.2, 0) is 6.61 Å². The number of carbonyl (C=O) groups is 1. The number of para-hydroxylation sites is 2. The van der Waals surface area contributed by atoms with Crippen molar-refractivity contribution in [3.05, 3.63) is 77.2 Å². The fraction of sp³-hybridized carbons (Fsp3) is 0.158. The Hall–Kier alpha value is -3.28. The average Bonchev–Trinajstić information content (AvgIpc) is 2.97. The van der Waals surface area contributed by atoms with Gasteiger partial charge in [0.15, 0.2) is 0 Å². The van der Waals surface area contributed by atoms with Crippen molar-refractivity contribution in [1.82, 2.24) is 10.6 Å². The van der Waals surface area contributed by atoms with Crippen molar-refractivity contribution < 1.29 is 14.1 Å². The second-order valence-electron chi connectivity index (χ2n) is 5.53. The molecule has 2 N–H and O–H groups in total. The minimum Gasteiger partial charge on any atom is -0.488 e. The number of nitrogens with one attached hydrogen (secondary N) is 2. The average molecular weight is 337 g/mol. The first-order valence-corrected chi connectivity index (χ1v) is 7.90. The van der Waals surface area contributed by atoms with Gasteiger partial charge in [-0.2, -0.15) is 0 Å². The fourth-order valence-corrected chi connectivity index (χ4v) is 2.36. The molecule has 1 amide bonds. The van der Waals surface area contributed by atoms with Crippen LogP contribution >= 0.6 is 0 Å². The van der Waals surface area contributed by atoms with Gasteiger partial charge in [0.1, 0.15) is 18.1 Å². The molecule has 0 spiro atoms. The van der Waals surface area contributed by atoms with Crippen LogP contribution in [0.1, 0.15) is 27.4 Å². The lowest BCUT2D eigenvalue weighted by molar-refractivity contribution is 0.0958. The number of aryl methyl sites for hydroxylation is 2. The summed E-state index contributed by atoms with van der Waals surface area (Å²) in [5.74, 6) is 0.929. The largest absolute Gasteiger partial charge is 0.488 e. The van der Waals surface area contributed by atoms with Gasteiger partial charge >= 0.3 is 0 Å². The Kier molecular flexibility index (Phi) is 4.99. The number of benzene rings is 2. The van der Waals surface area contributed by atoms with Gasteiger partial charge in [0.05, 0.1) is 22.5 Å². The predicted molar refractivity (Wildman–Crippen MR) is 94.3 cm³/mol. The molecule has 0 aliphatic carbocycles. The Bertz CT molecular complexity index is 840.